The molecule has 0 unspecified atom stereocenters. The van der Waals surface area contributed by atoms with E-state index in [9.17, 15) is 14.4 Å². The SMILES string of the molecule is CC(=O)c1ccc(NC(=O)c2cccc(C(=O)N(C)Cc3ccccc3)n2)cc1. The highest BCUT2D eigenvalue weighted by atomic mass is 16.2. The van der Waals surface area contributed by atoms with Crippen LogP contribution in [0, 0.1) is 0 Å². The summed E-state index contributed by atoms with van der Waals surface area (Å²) in [6, 6.07) is 21.0. The number of nitrogens with zero attached hydrogens (tertiary/aromatic N) is 2. The number of aromatic nitrogens is 1. The highest BCUT2D eigenvalue weighted by molar-refractivity contribution is 6.04. The summed E-state index contributed by atoms with van der Waals surface area (Å²) in [5.74, 6) is -0.745. The highest BCUT2D eigenvalue weighted by Crippen LogP contribution is 2.12. The highest BCUT2D eigenvalue weighted by Gasteiger charge is 2.16. The van der Waals surface area contributed by atoms with E-state index in [1.807, 2.05) is 30.3 Å². The first-order valence-electron chi connectivity index (χ1n) is 9.13. The van der Waals surface area contributed by atoms with E-state index < -0.39 is 5.91 Å². The minimum Gasteiger partial charge on any atom is -0.336 e. The van der Waals surface area contributed by atoms with Gasteiger partial charge in [-0.15, -0.1) is 0 Å². The van der Waals surface area contributed by atoms with Crippen LogP contribution in [0.1, 0.15) is 43.8 Å². The molecule has 3 rings (SSSR count). The summed E-state index contributed by atoms with van der Waals surface area (Å²) in [4.78, 5) is 42.3. The molecule has 1 N–H and O–H groups in total. The van der Waals surface area contributed by atoms with E-state index in [0.29, 0.717) is 17.8 Å². The fraction of sp³-hybridized carbons (Fsp3) is 0.130. The maximum atomic E-state index is 12.7. The number of benzene rings is 2. The summed E-state index contributed by atoms with van der Waals surface area (Å²) >= 11 is 0. The predicted molar refractivity (Wildman–Crippen MR) is 111 cm³/mol. The number of nitrogens with one attached hydrogen (secondary N) is 1. The van der Waals surface area contributed by atoms with Gasteiger partial charge in [0.1, 0.15) is 11.4 Å². The molecule has 0 aliphatic heterocycles. The lowest BCUT2D eigenvalue weighted by Gasteiger charge is -2.17. The van der Waals surface area contributed by atoms with E-state index in [1.165, 1.54) is 6.92 Å². The molecule has 0 aliphatic carbocycles. The average Bonchev–Trinajstić information content (AvgIpc) is 2.74. The maximum absolute atomic E-state index is 12.7. The largest absolute Gasteiger partial charge is 0.336 e. The van der Waals surface area contributed by atoms with Gasteiger partial charge in [0.15, 0.2) is 5.78 Å². The molecule has 0 radical (unpaired) electrons. The summed E-state index contributed by atoms with van der Waals surface area (Å²) in [5.41, 5.74) is 2.45. The van der Waals surface area contributed by atoms with Crippen LogP contribution in [0.2, 0.25) is 0 Å². The number of amides is 2. The molecule has 0 saturated heterocycles. The number of anilines is 1. The first-order chi connectivity index (χ1) is 13.9. The van der Waals surface area contributed by atoms with Gasteiger partial charge < -0.3 is 10.2 Å². The third kappa shape index (κ3) is 5.13. The maximum Gasteiger partial charge on any atom is 0.274 e. The molecule has 3 aromatic rings. The summed E-state index contributed by atoms with van der Waals surface area (Å²) in [6.07, 6.45) is 0. The molecule has 6 heteroatoms. The van der Waals surface area contributed by atoms with Crippen molar-refractivity contribution in [3.8, 4) is 0 Å². The first-order valence-corrected chi connectivity index (χ1v) is 9.13. The number of carbonyl (C=O) groups is 3. The second-order valence-electron chi connectivity index (χ2n) is 6.64. The van der Waals surface area contributed by atoms with Crippen LogP contribution in [0.3, 0.4) is 0 Å². The van der Waals surface area contributed by atoms with Crippen molar-refractivity contribution < 1.29 is 14.4 Å². The summed E-state index contributed by atoms with van der Waals surface area (Å²) in [6.45, 7) is 1.93. The van der Waals surface area contributed by atoms with E-state index >= 15 is 0 Å². The van der Waals surface area contributed by atoms with Crippen molar-refractivity contribution in [1.82, 2.24) is 9.88 Å². The van der Waals surface area contributed by atoms with Gasteiger partial charge in [-0.1, -0.05) is 36.4 Å². The molecular formula is C23H21N3O3. The van der Waals surface area contributed by atoms with Crippen LogP contribution < -0.4 is 5.32 Å². The second-order valence-corrected chi connectivity index (χ2v) is 6.64. The molecule has 2 aromatic carbocycles. The Labute approximate surface area is 169 Å². The summed E-state index contributed by atoms with van der Waals surface area (Å²) < 4.78 is 0. The monoisotopic (exact) mass is 387 g/mol. The van der Waals surface area contributed by atoms with Gasteiger partial charge in [0, 0.05) is 24.8 Å². The lowest BCUT2D eigenvalue weighted by molar-refractivity contribution is 0.0779. The van der Waals surface area contributed by atoms with E-state index in [-0.39, 0.29) is 23.1 Å². The lowest BCUT2D eigenvalue weighted by Crippen LogP contribution is -2.27. The van der Waals surface area contributed by atoms with Crippen molar-refractivity contribution in [3.63, 3.8) is 0 Å². The van der Waals surface area contributed by atoms with Gasteiger partial charge in [-0.05, 0) is 48.9 Å². The van der Waals surface area contributed by atoms with Crippen LogP contribution >= 0.6 is 0 Å². The Morgan fingerprint density at radius 3 is 2.17 bits per heavy atom. The molecule has 1 aromatic heterocycles. The van der Waals surface area contributed by atoms with Crippen LogP contribution in [-0.2, 0) is 6.54 Å². The number of ketones is 1. The molecule has 6 nitrogen and oxygen atoms in total. The molecular weight excluding hydrogens is 366 g/mol. The Morgan fingerprint density at radius 1 is 0.862 bits per heavy atom. The molecule has 146 valence electrons. The number of hydrogen-bond acceptors (Lipinski definition) is 4. The van der Waals surface area contributed by atoms with Gasteiger partial charge >= 0.3 is 0 Å². The zero-order valence-electron chi connectivity index (χ0n) is 16.3. The number of hydrogen-bond donors (Lipinski definition) is 1. The quantitative estimate of drug-likeness (QED) is 0.653. The van der Waals surface area contributed by atoms with E-state index in [1.54, 1.807) is 54.4 Å². The standard InChI is InChI=1S/C23H21N3O3/c1-16(27)18-11-13-19(14-12-18)24-22(28)20-9-6-10-21(25-20)23(29)26(2)15-17-7-4-3-5-8-17/h3-14H,15H2,1-2H3,(H,24,28). The lowest BCUT2D eigenvalue weighted by atomic mass is 10.1. The second kappa shape index (κ2) is 8.93. The fourth-order valence-corrected chi connectivity index (χ4v) is 2.79. The smallest absolute Gasteiger partial charge is 0.274 e. The van der Waals surface area contributed by atoms with E-state index in [2.05, 4.69) is 10.3 Å². The van der Waals surface area contributed by atoms with Crippen LogP contribution in [0.25, 0.3) is 0 Å². The normalized spacial score (nSPS) is 10.3. The molecule has 0 saturated carbocycles. The van der Waals surface area contributed by atoms with Gasteiger partial charge in [0.25, 0.3) is 11.8 Å². The third-order valence-corrected chi connectivity index (χ3v) is 4.36. The van der Waals surface area contributed by atoms with Crippen molar-refractivity contribution in [3.05, 3.63) is 95.3 Å². The first kappa shape index (κ1) is 19.9. The van der Waals surface area contributed by atoms with Crippen LogP contribution in [0.4, 0.5) is 5.69 Å². The van der Waals surface area contributed by atoms with Crippen molar-refractivity contribution in [2.24, 2.45) is 0 Å². The van der Waals surface area contributed by atoms with Crippen molar-refractivity contribution >= 4 is 23.3 Å². The fourth-order valence-electron chi connectivity index (χ4n) is 2.79. The van der Waals surface area contributed by atoms with Crippen LogP contribution in [0.5, 0.6) is 0 Å². The Hall–Kier alpha value is -3.80. The van der Waals surface area contributed by atoms with Gasteiger partial charge in [0.05, 0.1) is 0 Å². The van der Waals surface area contributed by atoms with Gasteiger partial charge in [-0.25, -0.2) is 4.98 Å². The number of rotatable bonds is 6. The van der Waals surface area contributed by atoms with Crippen molar-refractivity contribution in [1.29, 1.82) is 0 Å². The molecule has 1 heterocycles. The Balaban J connectivity index is 1.70. The third-order valence-electron chi connectivity index (χ3n) is 4.36. The van der Waals surface area contributed by atoms with E-state index in [4.69, 9.17) is 0 Å². The molecule has 0 aliphatic rings. The van der Waals surface area contributed by atoms with Crippen LogP contribution in [0.15, 0.2) is 72.8 Å². The minimum absolute atomic E-state index is 0.0459. The Morgan fingerprint density at radius 2 is 1.52 bits per heavy atom. The molecule has 0 spiro atoms. The Bertz CT molecular complexity index is 1030. The Kier molecular flexibility index (Phi) is 6.14. The molecule has 0 fully saturated rings. The summed E-state index contributed by atoms with van der Waals surface area (Å²) in [5, 5.41) is 2.72. The van der Waals surface area contributed by atoms with Gasteiger partial charge in [-0.3, -0.25) is 14.4 Å². The van der Waals surface area contributed by atoms with Gasteiger partial charge in [-0.2, -0.15) is 0 Å². The van der Waals surface area contributed by atoms with Crippen molar-refractivity contribution in [2.75, 3.05) is 12.4 Å². The molecule has 0 atom stereocenters. The predicted octanol–water partition coefficient (Wildman–Crippen LogP) is 3.81. The zero-order valence-corrected chi connectivity index (χ0v) is 16.3. The van der Waals surface area contributed by atoms with Crippen molar-refractivity contribution in [2.45, 2.75) is 13.5 Å². The number of pyridine rings is 1. The number of carbonyl (C=O) groups excluding carboxylic acids is 3. The topological polar surface area (TPSA) is 79.4 Å². The molecule has 0 bridgehead atoms. The zero-order chi connectivity index (χ0) is 20.8. The molecule has 29 heavy (non-hydrogen) atoms. The molecule has 2 amide bonds. The minimum atomic E-state index is -0.430. The number of Topliss-reactive ketones (excluding diaryl/α,β-unsaturated/α-hetero) is 1. The van der Waals surface area contributed by atoms with Gasteiger partial charge in [0.2, 0.25) is 0 Å². The van der Waals surface area contributed by atoms with E-state index in [0.717, 1.165) is 5.56 Å². The van der Waals surface area contributed by atoms with Crippen LogP contribution in [-0.4, -0.2) is 34.5 Å². The average molecular weight is 387 g/mol. The summed E-state index contributed by atoms with van der Waals surface area (Å²) in [7, 11) is 1.69.